The van der Waals surface area contributed by atoms with Gasteiger partial charge in [0.1, 0.15) is 5.52 Å². The summed E-state index contributed by atoms with van der Waals surface area (Å²) in [4.78, 5) is 20.8. The van der Waals surface area contributed by atoms with Crippen LogP contribution in [0.1, 0.15) is 30.1 Å². The Labute approximate surface area is 192 Å². The zero-order chi connectivity index (χ0) is 23.9. The maximum absolute atomic E-state index is 14.5. The number of fused-ring (bicyclic) bond motifs is 1. The van der Waals surface area contributed by atoms with E-state index < -0.39 is 33.9 Å². The fraction of sp³-hybridized carbons (Fsp3) is 0.500. The van der Waals surface area contributed by atoms with Crippen molar-refractivity contribution in [1.82, 2.24) is 14.2 Å². The number of halogens is 3. The molecular weight excluding hydrogens is 455 g/mol. The van der Waals surface area contributed by atoms with Crippen molar-refractivity contribution in [2.45, 2.75) is 19.8 Å². The fourth-order valence-corrected chi connectivity index (χ4v) is 5.06. The van der Waals surface area contributed by atoms with Crippen LogP contribution in [0.4, 0.5) is 18.9 Å². The number of piperazine rings is 1. The standard InChI is InChI=1S/C22H24F3N5O2S/c1-22(13-26)3-5-28(6-4-22)20-14-11-16(23)17(24)18(25)19(14)27-12-15(20)21(31)29-7-9-30(10-8-29)33(2)32/h11-12H,3-10H2,1-2H3. The van der Waals surface area contributed by atoms with E-state index in [1.807, 2.05) is 11.8 Å². The Morgan fingerprint density at radius 3 is 2.33 bits per heavy atom. The van der Waals surface area contributed by atoms with Crippen LogP contribution in [0, 0.1) is 34.2 Å². The highest BCUT2D eigenvalue weighted by atomic mass is 32.2. The summed E-state index contributed by atoms with van der Waals surface area (Å²) < 4.78 is 56.1. The number of benzene rings is 1. The lowest BCUT2D eigenvalue weighted by molar-refractivity contribution is 0.0701. The summed E-state index contributed by atoms with van der Waals surface area (Å²) in [5.74, 6) is -4.73. The van der Waals surface area contributed by atoms with Gasteiger partial charge in [0.25, 0.3) is 5.91 Å². The summed E-state index contributed by atoms with van der Waals surface area (Å²) in [7, 11) is -1.14. The molecule has 1 aromatic carbocycles. The lowest BCUT2D eigenvalue weighted by atomic mass is 9.81. The molecule has 0 spiro atoms. The molecule has 1 amide bonds. The zero-order valence-electron chi connectivity index (χ0n) is 18.4. The molecule has 0 saturated carbocycles. The van der Waals surface area contributed by atoms with E-state index in [1.54, 1.807) is 15.5 Å². The number of anilines is 1. The Balaban J connectivity index is 1.77. The smallest absolute Gasteiger partial charge is 0.257 e. The number of hydrogen-bond acceptors (Lipinski definition) is 5. The first kappa shape index (κ1) is 23.4. The number of piperidine rings is 1. The summed E-state index contributed by atoms with van der Waals surface area (Å²) in [6.45, 7) is 4.20. The van der Waals surface area contributed by atoms with Crippen LogP contribution in [0.15, 0.2) is 12.3 Å². The number of aromatic nitrogens is 1. The van der Waals surface area contributed by atoms with Crippen molar-refractivity contribution in [2.24, 2.45) is 5.41 Å². The minimum absolute atomic E-state index is 0.0195. The lowest BCUT2D eigenvalue weighted by Crippen LogP contribution is -2.49. The van der Waals surface area contributed by atoms with E-state index in [0.29, 0.717) is 57.8 Å². The van der Waals surface area contributed by atoms with Crippen LogP contribution in [0.2, 0.25) is 0 Å². The maximum Gasteiger partial charge on any atom is 0.257 e. The maximum atomic E-state index is 14.5. The Hall–Kier alpha value is -2.71. The van der Waals surface area contributed by atoms with Crippen molar-refractivity contribution >= 4 is 33.5 Å². The van der Waals surface area contributed by atoms with Gasteiger partial charge in [0.2, 0.25) is 0 Å². The van der Waals surface area contributed by atoms with E-state index in [-0.39, 0.29) is 22.4 Å². The van der Waals surface area contributed by atoms with Crippen LogP contribution >= 0.6 is 0 Å². The molecule has 4 rings (SSSR count). The predicted molar refractivity (Wildman–Crippen MR) is 118 cm³/mol. The van der Waals surface area contributed by atoms with Gasteiger partial charge in [-0.25, -0.2) is 21.7 Å². The lowest BCUT2D eigenvalue weighted by Gasteiger charge is -2.38. The number of hydrogen-bond donors (Lipinski definition) is 0. The number of nitrogens with zero attached hydrogens (tertiary/aromatic N) is 5. The molecule has 1 unspecified atom stereocenters. The van der Waals surface area contributed by atoms with Gasteiger partial charge in [0.15, 0.2) is 17.5 Å². The quantitative estimate of drug-likeness (QED) is 0.633. The van der Waals surface area contributed by atoms with E-state index in [9.17, 15) is 27.4 Å². The molecule has 1 aromatic heterocycles. The first-order chi connectivity index (χ1) is 15.6. The second-order valence-electron chi connectivity index (χ2n) is 8.71. The molecule has 0 N–H and O–H groups in total. The van der Waals surface area contributed by atoms with Gasteiger partial charge in [0, 0.05) is 57.1 Å². The minimum Gasteiger partial charge on any atom is -0.370 e. The van der Waals surface area contributed by atoms with E-state index in [2.05, 4.69) is 11.1 Å². The van der Waals surface area contributed by atoms with Crippen molar-refractivity contribution in [3.63, 3.8) is 0 Å². The minimum atomic E-state index is -1.61. The van der Waals surface area contributed by atoms with Crippen molar-refractivity contribution in [3.05, 3.63) is 35.3 Å². The van der Waals surface area contributed by atoms with E-state index in [4.69, 9.17) is 0 Å². The van der Waals surface area contributed by atoms with Crippen molar-refractivity contribution < 1.29 is 22.2 Å². The monoisotopic (exact) mass is 479 g/mol. The molecule has 2 saturated heterocycles. The molecule has 33 heavy (non-hydrogen) atoms. The highest BCUT2D eigenvalue weighted by molar-refractivity contribution is 7.81. The first-order valence-corrected chi connectivity index (χ1v) is 12.2. The second-order valence-corrected chi connectivity index (χ2v) is 10.1. The molecule has 2 aliphatic rings. The van der Waals surface area contributed by atoms with Crippen molar-refractivity contribution in [1.29, 1.82) is 5.26 Å². The summed E-state index contributed by atoms with van der Waals surface area (Å²) in [6.07, 6.45) is 3.81. The highest BCUT2D eigenvalue weighted by Crippen LogP contribution is 2.38. The number of carbonyl (C=O) groups excluding carboxylic acids is 1. The average Bonchev–Trinajstić information content (AvgIpc) is 2.82. The normalized spacial score (nSPS) is 20.0. The molecule has 7 nitrogen and oxygen atoms in total. The van der Waals surface area contributed by atoms with Crippen LogP contribution in [0.25, 0.3) is 10.9 Å². The Kier molecular flexibility index (Phi) is 6.33. The van der Waals surface area contributed by atoms with Gasteiger partial charge in [-0.05, 0) is 25.8 Å². The van der Waals surface area contributed by atoms with E-state index >= 15 is 0 Å². The second kappa shape index (κ2) is 8.91. The van der Waals surface area contributed by atoms with Gasteiger partial charge in [-0.1, -0.05) is 0 Å². The first-order valence-electron chi connectivity index (χ1n) is 10.7. The molecule has 11 heteroatoms. The number of carbonyl (C=O) groups is 1. The van der Waals surface area contributed by atoms with Gasteiger partial charge < -0.3 is 9.80 Å². The van der Waals surface area contributed by atoms with Gasteiger partial charge in [-0.3, -0.25) is 9.78 Å². The predicted octanol–water partition coefficient (Wildman–Crippen LogP) is 2.83. The SMILES string of the molecule is CS(=O)N1CCN(C(=O)c2cnc3c(F)c(F)c(F)cc3c2N2CCC(C)(C#N)CC2)CC1. The molecule has 2 fully saturated rings. The summed E-state index contributed by atoms with van der Waals surface area (Å²) >= 11 is 0. The third kappa shape index (κ3) is 4.29. The molecule has 176 valence electrons. The van der Waals surface area contributed by atoms with Crippen LogP contribution in [0.5, 0.6) is 0 Å². The summed E-state index contributed by atoms with van der Waals surface area (Å²) in [6, 6.07) is 3.18. The Bertz CT molecular complexity index is 1170. The third-order valence-electron chi connectivity index (χ3n) is 6.54. The third-order valence-corrected chi connectivity index (χ3v) is 7.63. The number of rotatable bonds is 3. The molecule has 0 bridgehead atoms. The molecule has 0 radical (unpaired) electrons. The largest absolute Gasteiger partial charge is 0.370 e. The van der Waals surface area contributed by atoms with Crippen molar-refractivity contribution in [3.8, 4) is 6.07 Å². The summed E-state index contributed by atoms with van der Waals surface area (Å²) in [5, 5.41) is 9.47. The average molecular weight is 480 g/mol. The Morgan fingerprint density at radius 1 is 1.12 bits per heavy atom. The van der Waals surface area contributed by atoms with Gasteiger partial charge in [-0.2, -0.15) is 5.26 Å². The zero-order valence-corrected chi connectivity index (χ0v) is 19.2. The molecule has 2 aliphatic heterocycles. The van der Waals surface area contributed by atoms with E-state index in [0.717, 1.165) is 6.07 Å². The van der Waals surface area contributed by atoms with Gasteiger partial charge >= 0.3 is 0 Å². The molecule has 1 atom stereocenters. The Morgan fingerprint density at radius 2 is 1.76 bits per heavy atom. The molecule has 2 aromatic rings. The number of pyridine rings is 1. The molecular formula is C22H24F3N5O2S. The number of amides is 1. The van der Waals surface area contributed by atoms with Gasteiger partial charge in [-0.15, -0.1) is 0 Å². The molecule has 0 aliphatic carbocycles. The van der Waals surface area contributed by atoms with Gasteiger partial charge in [0.05, 0.1) is 33.7 Å². The molecule has 3 heterocycles. The van der Waals surface area contributed by atoms with Crippen LogP contribution in [-0.2, 0) is 11.0 Å². The number of nitriles is 1. The van der Waals surface area contributed by atoms with Crippen LogP contribution < -0.4 is 4.90 Å². The van der Waals surface area contributed by atoms with Crippen molar-refractivity contribution in [2.75, 3.05) is 50.4 Å². The fourth-order valence-electron chi connectivity index (χ4n) is 4.38. The topological polar surface area (TPSA) is 80.5 Å². The summed E-state index contributed by atoms with van der Waals surface area (Å²) in [5.41, 5.74) is -0.415. The van der Waals surface area contributed by atoms with E-state index in [1.165, 1.54) is 6.20 Å². The van der Waals surface area contributed by atoms with Crippen LogP contribution in [0.3, 0.4) is 0 Å². The van der Waals surface area contributed by atoms with Crippen LogP contribution in [-0.4, -0.2) is 69.8 Å². The highest BCUT2D eigenvalue weighted by Gasteiger charge is 2.34.